The second-order valence-corrected chi connectivity index (χ2v) is 6.97. The Labute approximate surface area is 166 Å². The minimum atomic E-state index is -0.248. The zero-order valence-corrected chi connectivity index (χ0v) is 15.7. The van der Waals surface area contributed by atoms with E-state index in [2.05, 4.69) is 20.8 Å². The molecule has 2 aromatic carbocycles. The Bertz CT molecular complexity index is 1070. The van der Waals surface area contributed by atoms with E-state index in [4.69, 9.17) is 0 Å². The molecule has 4 rings (SSSR count). The number of hydrogen-bond acceptors (Lipinski definition) is 5. The number of nitrogens with one attached hydrogen (secondary N) is 1. The molecule has 0 radical (unpaired) electrons. The Hall–Kier alpha value is -3.58. The second-order valence-electron chi connectivity index (χ2n) is 5.99. The summed E-state index contributed by atoms with van der Waals surface area (Å²) in [5, 5.41) is 16.9. The Kier molecular flexibility index (Phi) is 5.35. The van der Waals surface area contributed by atoms with Crippen LogP contribution in [0.15, 0.2) is 78.2 Å². The summed E-state index contributed by atoms with van der Waals surface area (Å²) in [6.07, 6.45) is 1.80. The van der Waals surface area contributed by atoms with Gasteiger partial charge in [0.1, 0.15) is 5.70 Å². The molecule has 0 aliphatic heterocycles. The summed E-state index contributed by atoms with van der Waals surface area (Å²) in [5.41, 5.74) is 2.22. The quantitative estimate of drug-likeness (QED) is 0.512. The number of aromatic nitrogens is 4. The smallest absolute Gasteiger partial charge is 0.270 e. The summed E-state index contributed by atoms with van der Waals surface area (Å²) in [4.78, 5) is 14.0. The van der Waals surface area contributed by atoms with Crippen LogP contribution in [0.3, 0.4) is 0 Å². The molecule has 2 heterocycles. The van der Waals surface area contributed by atoms with Crippen molar-refractivity contribution < 1.29 is 4.79 Å². The predicted octanol–water partition coefficient (Wildman–Crippen LogP) is 3.72. The van der Waals surface area contributed by atoms with Crippen LogP contribution in [0.25, 0.3) is 23.2 Å². The number of carbonyl (C=O) groups excluding carboxylic acids is 1. The molecule has 0 aliphatic carbocycles. The number of amides is 1. The third-order valence-electron chi connectivity index (χ3n) is 4.08. The van der Waals surface area contributed by atoms with Gasteiger partial charge in [-0.25, -0.2) is 0 Å². The number of carbonyl (C=O) groups is 1. The summed E-state index contributed by atoms with van der Waals surface area (Å²) in [6, 6.07) is 23.2. The van der Waals surface area contributed by atoms with Gasteiger partial charge in [-0.3, -0.25) is 4.79 Å². The lowest BCUT2D eigenvalue weighted by Gasteiger charge is -2.10. The van der Waals surface area contributed by atoms with E-state index in [-0.39, 0.29) is 5.91 Å². The van der Waals surface area contributed by atoms with E-state index in [1.54, 1.807) is 17.4 Å². The molecule has 0 unspecified atom stereocenters. The average molecular weight is 387 g/mol. The third kappa shape index (κ3) is 4.05. The molecule has 0 aliphatic rings. The Morgan fingerprint density at radius 3 is 2.46 bits per heavy atom. The summed E-state index contributed by atoms with van der Waals surface area (Å²) < 4.78 is 1.48. The van der Waals surface area contributed by atoms with Crippen LogP contribution in [0.4, 0.5) is 0 Å². The van der Waals surface area contributed by atoms with Gasteiger partial charge in [-0.15, -0.1) is 16.4 Å². The van der Waals surface area contributed by atoms with Crippen LogP contribution in [-0.4, -0.2) is 26.1 Å². The summed E-state index contributed by atoms with van der Waals surface area (Å²) in [6.45, 7) is 0.421. The number of tetrazole rings is 1. The van der Waals surface area contributed by atoms with Crippen molar-refractivity contribution >= 4 is 29.0 Å². The Morgan fingerprint density at radius 1 is 1.00 bits per heavy atom. The van der Waals surface area contributed by atoms with Gasteiger partial charge in [-0.05, 0) is 33.5 Å². The van der Waals surface area contributed by atoms with Crippen LogP contribution in [0.1, 0.15) is 10.4 Å². The third-order valence-corrected chi connectivity index (χ3v) is 4.90. The number of hydrogen-bond donors (Lipinski definition) is 1. The maximum absolute atomic E-state index is 13.0. The number of rotatable bonds is 6. The maximum Gasteiger partial charge on any atom is 0.270 e. The molecule has 0 saturated heterocycles. The lowest BCUT2D eigenvalue weighted by Crippen LogP contribution is -2.27. The molecule has 6 nitrogen and oxygen atoms in total. The molecule has 0 bridgehead atoms. The van der Waals surface area contributed by atoms with Crippen molar-refractivity contribution in [2.75, 3.05) is 0 Å². The molecule has 7 heteroatoms. The fourth-order valence-electron chi connectivity index (χ4n) is 2.72. The Balaban J connectivity index is 1.68. The standard InChI is InChI=1S/C21H17N5OS/c27-21(22-15-16-8-3-1-4-9-16)19(14-18-12-7-13-28-18)26-20(23-24-25-26)17-10-5-2-6-11-17/h1-14H,15H2,(H,22,27)/b19-14+. The first-order valence-corrected chi connectivity index (χ1v) is 9.61. The molecule has 2 aromatic heterocycles. The van der Waals surface area contributed by atoms with Gasteiger partial charge in [0.15, 0.2) is 5.82 Å². The lowest BCUT2D eigenvalue weighted by atomic mass is 10.2. The number of nitrogens with zero attached hydrogens (tertiary/aromatic N) is 4. The first-order valence-electron chi connectivity index (χ1n) is 8.73. The maximum atomic E-state index is 13.0. The lowest BCUT2D eigenvalue weighted by molar-refractivity contribution is -0.116. The largest absolute Gasteiger partial charge is 0.347 e. The molecule has 28 heavy (non-hydrogen) atoms. The first-order chi connectivity index (χ1) is 13.8. The van der Waals surface area contributed by atoms with Crippen molar-refractivity contribution in [3.05, 3.63) is 88.6 Å². The molecule has 0 atom stereocenters. The molecule has 0 saturated carbocycles. The van der Waals surface area contributed by atoms with Crippen molar-refractivity contribution in [2.24, 2.45) is 0 Å². The van der Waals surface area contributed by atoms with E-state index in [1.165, 1.54) is 4.68 Å². The summed E-state index contributed by atoms with van der Waals surface area (Å²) in [7, 11) is 0. The minimum Gasteiger partial charge on any atom is -0.347 e. The van der Waals surface area contributed by atoms with E-state index in [0.717, 1.165) is 16.0 Å². The van der Waals surface area contributed by atoms with Gasteiger partial charge < -0.3 is 5.32 Å². The van der Waals surface area contributed by atoms with Crippen LogP contribution >= 0.6 is 11.3 Å². The average Bonchev–Trinajstić information content (AvgIpc) is 3.43. The predicted molar refractivity (Wildman–Crippen MR) is 110 cm³/mol. The number of thiophene rings is 1. The van der Waals surface area contributed by atoms with Crippen molar-refractivity contribution in [1.82, 2.24) is 25.5 Å². The second kappa shape index (κ2) is 8.41. The van der Waals surface area contributed by atoms with E-state index in [0.29, 0.717) is 18.1 Å². The van der Waals surface area contributed by atoms with Crippen molar-refractivity contribution in [2.45, 2.75) is 6.54 Å². The minimum absolute atomic E-state index is 0.248. The van der Waals surface area contributed by atoms with Crippen LogP contribution < -0.4 is 5.32 Å². The molecule has 0 spiro atoms. The zero-order valence-electron chi connectivity index (χ0n) is 14.9. The van der Waals surface area contributed by atoms with Crippen molar-refractivity contribution in [3.63, 3.8) is 0 Å². The highest BCUT2D eigenvalue weighted by Crippen LogP contribution is 2.22. The van der Waals surface area contributed by atoms with Gasteiger partial charge in [-0.2, -0.15) is 4.68 Å². The van der Waals surface area contributed by atoms with Crippen molar-refractivity contribution in [1.29, 1.82) is 0 Å². The van der Waals surface area contributed by atoms with Gasteiger partial charge in [0.25, 0.3) is 5.91 Å². The van der Waals surface area contributed by atoms with E-state index in [9.17, 15) is 4.79 Å². The van der Waals surface area contributed by atoms with E-state index in [1.807, 2.05) is 78.2 Å². The van der Waals surface area contributed by atoms with Gasteiger partial charge in [0.2, 0.25) is 0 Å². The van der Waals surface area contributed by atoms with Crippen molar-refractivity contribution in [3.8, 4) is 11.4 Å². The van der Waals surface area contributed by atoms with Crippen LogP contribution in [-0.2, 0) is 11.3 Å². The van der Waals surface area contributed by atoms with Gasteiger partial charge in [0.05, 0.1) is 0 Å². The highest BCUT2D eigenvalue weighted by atomic mass is 32.1. The normalized spacial score (nSPS) is 11.4. The Morgan fingerprint density at radius 2 is 1.75 bits per heavy atom. The van der Waals surface area contributed by atoms with Crippen LogP contribution in [0, 0.1) is 0 Å². The topological polar surface area (TPSA) is 72.7 Å². The van der Waals surface area contributed by atoms with Gasteiger partial charge >= 0.3 is 0 Å². The fraction of sp³-hybridized carbons (Fsp3) is 0.0476. The zero-order chi connectivity index (χ0) is 19.2. The van der Waals surface area contributed by atoms with Gasteiger partial charge in [0, 0.05) is 17.0 Å². The SMILES string of the molecule is O=C(NCc1ccccc1)/C(=C\c1cccs1)n1nnnc1-c1ccccc1. The van der Waals surface area contributed by atoms with E-state index < -0.39 is 0 Å². The van der Waals surface area contributed by atoms with Crippen LogP contribution in [0.2, 0.25) is 0 Å². The highest BCUT2D eigenvalue weighted by Gasteiger charge is 2.19. The molecular weight excluding hydrogens is 370 g/mol. The van der Waals surface area contributed by atoms with Crippen LogP contribution in [0.5, 0.6) is 0 Å². The van der Waals surface area contributed by atoms with E-state index >= 15 is 0 Å². The highest BCUT2D eigenvalue weighted by molar-refractivity contribution is 7.10. The molecule has 4 aromatic rings. The molecule has 138 valence electrons. The summed E-state index contributed by atoms with van der Waals surface area (Å²) >= 11 is 1.54. The molecule has 1 amide bonds. The fourth-order valence-corrected chi connectivity index (χ4v) is 3.37. The molecule has 0 fully saturated rings. The molecular formula is C21H17N5OS. The summed E-state index contributed by atoms with van der Waals surface area (Å²) in [5.74, 6) is 0.264. The molecule has 1 N–H and O–H groups in total. The monoisotopic (exact) mass is 387 g/mol. The number of benzene rings is 2. The first kappa shape index (κ1) is 17.8. The van der Waals surface area contributed by atoms with Gasteiger partial charge in [-0.1, -0.05) is 66.7 Å².